The summed E-state index contributed by atoms with van der Waals surface area (Å²) < 4.78 is 5.73. The Labute approximate surface area is 116 Å². The van der Waals surface area contributed by atoms with Crippen molar-refractivity contribution in [3.63, 3.8) is 0 Å². The lowest BCUT2D eigenvalue weighted by Gasteiger charge is -2.02. The Balaban J connectivity index is 2.18. The third kappa shape index (κ3) is 3.26. The molecule has 2 heterocycles. The predicted octanol–water partition coefficient (Wildman–Crippen LogP) is 0.300. The van der Waals surface area contributed by atoms with Gasteiger partial charge < -0.3 is 4.74 Å². The van der Waals surface area contributed by atoms with Crippen LogP contribution in [0.15, 0.2) is 28.5 Å². The van der Waals surface area contributed by atoms with Crippen molar-refractivity contribution >= 4 is 23.4 Å². The second-order valence-corrected chi connectivity index (χ2v) is 4.39. The van der Waals surface area contributed by atoms with Gasteiger partial charge in [0.15, 0.2) is 0 Å². The number of hydrogen-bond donors (Lipinski definition) is 0. The van der Waals surface area contributed by atoms with Gasteiger partial charge in [-0.05, 0) is 22.2 Å². The Hall–Kier alpha value is -2.56. The number of carbonyl (C=O) groups is 1. The van der Waals surface area contributed by atoms with Crippen LogP contribution in [0.25, 0.3) is 0 Å². The van der Waals surface area contributed by atoms with Gasteiger partial charge in [-0.2, -0.15) is 0 Å². The maximum atomic E-state index is 11.2. The van der Waals surface area contributed by atoms with E-state index in [1.165, 1.54) is 30.1 Å². The summed E-state index contributed by atoms with van der Waals surface area (Å²) in [6.07, 6.45) is 1.31. The lowest BCUT2D eigenvalue weighted by Crippen LogP contribution is -2.13. The number of ether oxygens (including phenoxy) is 1. The minimum atomic E-state index is -0.525. The number of aromatic nitrogens is 5. The fraction of sp³-hybridized carbons (Fsp3) is 0.222. The molecule has 0 unspecified atom stereocenters. The lowest BCUT2D eigenvalue weighted by atomic mass is 10.4. The number of tetrazole rings is 1. The first-order valence-corrected chi connectivity index (χ1v) is 6.03. The largest absolute Gasteiger partial charge is 0.468 e. The van der Waals surface area contributed by atoms with E-state index < -0.39 is 10.9 Å². The fourth-order valence-corrected chi connectivity index (χ4v) is 1.98. The Morgan fingerprint density at radius 3 is 3.10 bits per heavy atom. The number of pyridine rings is 1. The molecule has 2 aromatic rings. The molecule has 0 aliphatic heterocycles. The predicted molar refractivity (Wildman–Crippen MR) is 64.8 cm³/mol. The van der Waals surface area contributed by atoms with Crippen LogP contribution in [0.2, 0.25) is 0 Å². The summed E-state index contributed by atoms with van der Waals surface area (Å²) in [6.45, 7) is -0.152. The molecule has 0 N–H and O–H groups in total. The van der Waals surface area contributed by atoms with Crippen LogP contribution < -0.4 is 0 Å². The fourth-order valence-electron chi connectivity index (χ4n) is 1.22. The molecule has 0 atom stereocenters. The summed E-state index contributed by atoms with van der Waals surface area (Å²) in [5.41, 5.74) is -0.0884. The van der Waals surface area contributed by atoms with Crippen molar-refractivity contribution < 1.29 is 14.5 Å². The van der Waals surface area contributed by atoms with Crippen molar-refractivity contribution in [3.05, 3.63) is 28.4 Å². The summed E-state index contributed by atoms with van der Waals surface area (Å²) in [4.78, 5) is 25.3. The molecule has 0 aromatic carbocycles. The summed E-state index contributed by atoms with van der Waals surface area (Å²) in [7, 11) is 1.25. The van der Waals surface area contributed by atoms with E-state index in [1.54, 1.807) is 0 Å². The van der Waals surface area contributed by atoms with Crippen molar-refractivity contribution in [2.75, 3.05) is 7.11 Å². The second-order valence-electron chi connectivity index (χ2n) is 3.41. The highest BCUT2D eigenvalue weighted by Crippen LogP contribution is 2.25. The average molecular weight is 296 g/mol. The van der Waals surface area contributed by atoms with Gasteiger partial charge in [0, 0.05) is 18.3 Å². The van der Waals surface area contributed by atoms with E-state index in [0.29, 0.717) is 5.03 Å². The zero-order valence-electron chi connectivity index (χ0n) is 10.2. The van der Waals surface area contributed by atoms with Gasteiger partial charge in [-0.15, -0.1) is 5.10 Å². The molecule has 0 saturated carbocycles. The van der Waals surface area contributed by atoms with Crippen LogP contribution in [-0.2, 0) is 16.1 Å². The zero-order valence-corrected chi connectivity index (χ0v) is 11.0. The van der Waals surface area contributed by atoms with E-state index >= 15 is 0 Å². The van der Waals surface area contributed by atoms with Gasteiger partial charge in [0.2, 0.25) is 5.16 Å². The maximum absolute atomic E-state index is 11.2. The van der Waals surface area contributed by atoms with Gasteiger partial charge >= 0.3 is 5.97 Å². The Kier molecular flexibility index (Phi) is 4.20. The maximum Gasteiger partial charge on any atom is 0.327 e. The van der Waals surface area contributed by atoms with Crippen molar-refractivity contribution in [3.8, 4) is 0 Å². The van der Waals surface area contributed by atoms with E-state index in [-0.39, 0.29) is 17.4 Å². The molecule has 0 radical (unpaired) electrons. The van der Waals surface area contributed by atoms with Crippen LogP contribution in [0.3, 0.4) is 0 Å². The topological polar surface area (TPSA) is 126 Å². The minimum Gasteiger partial charge on any atom is -0.468 e. The summed E-state index contributed by atoms with van der Waals surface area (Å²) in [6, 6.07) is 2.57. The van der Waals surface area contributed by atoms with Crippen molar-refractivity contribution in [1.29, 1.82) is 0 Å². The van der Waals surface area contributed by atoms with Crippen molar-refractivity contribution in [2.45, 2.75) is 16.7 Å². The first kappa shape index (κ1) is 13.9. The minimum absolute atomic E-state index is 0.0884. The molecule has 0 aliphatic carbocycles. The lowest BCUT2D eigenvalue weighted by molar-refractivity contribution is -0.385. The molecule has 11 heteroatoms. The van der Waals surface area contributed by atoms with Gasteiger partial charge in [0.1, 0.15) is 11.6 Å². The number of nitrogens with zero attached hydrogens (tertiary/aromatic N) is 6. The van der Waals surface area contributed by atoms with Gasteiger partial charge in [0.25, 0.3) is 5.69 Å². The zero-order chi connectivity index (χ0) is 14.5. The number of nitro groups is 1. The highest BCUT2D eigenvalue weighted by atomic mass is 32.2. The normalized spacial score (nSPS) is 10.2. The third-order valence-electron chi connectivity index (χ3n) is 2.13. The van der Waals surface area contributed by atoms with Crippen LogP contribution in [0.1, 0.15) is 0 Å². The molecule has 104 valence electrons. The molecule has 0 amide bonds. The standard InChI is InChI=1S/C9H8N6O4S/c1-19-8(16)5-14-9(11-12-13-14)20-7-4-6(15(17)18)2-3-10-7/h2-4H,5H2,1H3. The Morgan fingerprint density at radius 1 is 1.60 bits per heavy atom. The van der Waals surface area contributed by atoms with E-state index in [9.17, 15) is 14.9 Å². The van der Waals surface area contributed by atoms with Gasteiger partial charge in [0.05, 0.1) is 12.0 Å². The monoisotopic (exact) mass is 296 g/mol. The first-order chi connectivity index (χ1) is 9.60. The van der Waals surface area contributed by atoms with Crippen LogP contribution in [-0.4, -0.2) is 43.2 Å². The molecule has 2 aromatic heterocycles. The van der Waals surface area contributed by atoms with E-state index in [4.69, 9.17) is 0 Å². The van der Waals surface area contributed by atoms with Crippen LogP contribution in [0.5, 0.6) is 0 Å². The average Bonchev–Trinajstić information content (AvgIpc) is 2.86. The number of esters is 1. The summed E-state index contributed by atoms with van der Waals surface area (Å²) in [5.74, 6) is -0.508. The van der Waals surface area contributed by atoms with Gasteiger partial charge in [-0.25, -0.2) is 9.67 Å². The summed E-state index contributed by atoms with van der Waals surface area (Å²) in [5, 5.41) is 22.1. The molecule has 0 spiro atoms. The third-order valence-corrected chi connectivity index (χ3v) is 3.04. The molecule has 20 heavy (non-hydrogen) atoms. The van der Waals surface area contributed by atoms with Crippen molar-refractivity contribution in [2.24, 2.45) is 0 Å². The molecule has 0 bridgehead atoms. The molecule has 0 aliphatic rings. The van der Waals surface area contributed by atoms with E-state index in [1.807, 2.05) is 0 Å². The smallest absolute Gasteiger partial charge is 0.327 e. The Bertz CT molecular complexity index is 645. The quantitative estimate of drug-likeness (QED) is 0.435. The first-order valence-electron chi connectivity index (χ1n) is 5.21. The molecular weight excluding hydrogens is 288 g/mol. The van der Waals surface area contributed by atoms with Crippen LogP contribution in [0, 0.1) is 10.1 Å². The second kappa shape index (κ2) is 6.06. The number of rotatable bonds is 5. The van der Waals surface area contributed by atoms with E-state index in [2.05, 4.69) is 25.2 Å². The van der Waals surface area contributed by atoms with Crippen molar-refractivity contribution in [1.82, 2.24) is 25.2 Å². The highest BCUT2D eigenvalue weighted by Gasteiger charge is 2.14. The van der Waals surface area contributed by atoms with Crippen LogP contribution >= 0.6 is 11.8 Å². The molecule has 0 saturated heterocycles. The molecule has 10 nitrogen and oxygen atoms in total. The SMILES string of the molecule is COC(=O)Cn1nnnc1Sc1cc([N+](=O)[O-])ccn1. The molecule has 2 rings (SSSR count). The number of carbonyl (C=O) groups excluding carboxylic acids is 1. The molecular formula is C9H8N6O4S. The Morgan fingerprint density at radius 2 is 2.40 bits per heavy atom. The molecule has 0 fully saturated rings. The number of methoxy groups -OCH3 is 1. The van der Waals surface area contributed by atoms with Crippen LogP contribution in [0.4, 0.5) is 5.69 Å². The summed E-state index contributed by atoms with van der Waals surface area (Å²) >= 11 is 1.01. The van der Waals surface area contributed by atoms with E-state index in [0.717, 1.165) is 11.8 Å². The number of hydrogen-bond acceptors (Lipinski definition) is 9. The highest BCUT2D eigenvalue weighted by molar-refractivity contribution is 7.99. The van der Waals surface area contributed by atoms with Gasteiger partial charge in [-0.3, -0.25) is 14.9 Å². The van der Waals surface area contributed by atoms with Gasteiger partial charge in [-0.1, -0.05) is 0 Å².